The normalized spacial score (nSPS) is 27.9. The van der Waals surface area contributed by atoms with Gasteiger partial charge in [0.05, 0.1) is 5.92 Å². The Morgan fingerprint density at radius 1 is 1.15 bits per heavy atom. The fraction of sp³-hybridized carbons (Fsp3) is 0.857. The number of carbonyl (C=O) groups is 2. The molecule has 0 aromatic heterocycles. The van der Waals surface area contributed by atoms with Crippen molar-refractivity contribution in [2.75, 3.05) is 27.2 Å². The van der Waals surface area contributed by atoms with Gasteiger partial charge in [-0.05, 0) is 39.8 Å². The number of hydrogen-bond acceptors (Lipinski definition) is 3. The van der Waals surface area contributed by atoms with E-state index in [1.54, 1.807) is 0 Å². The van der Waals surface area contributed by atoms with E-state index < -0.39 is 11.9 Å². The Labute approximate surface area is 120 Å². The molecule has 0 aromatic rings. The molecule has 1 saturated heterocycles. The summed E-state index contributed by atoms with van der Waals surface area (Å²) in [5.74, 6) is -1.21. The lowest BCUT2D eigenvalue weighted by atomic mass is 10.0. The number of carboxylic acids is 1. The molecule has 0 radical (unpaired) electrons. The SMILES string of the molecule is CN(C)C1CCN(C(=O)NC2CCCC2C(=O)O)CC1. The minimum absolute atomic E-state index is 0.0969. The lowest BCUT2D eigenvalue weighted by Crippen LogP contribution is -2.51. The fourth-order valence-electron chi connectivity index (χ4n) is 3.26. The van der Waals surface area contributed by atoms with Gasteiger partial charge in [-0.2, -0.15) is 0 Å². The Morgan fingerprint density at radius 2 is 1.80 bits per heavy atom. The number of likely N-dealkylation sites (tertiary alicyclic amines) is 1. The highest BCUT2D eigenvalue weighted by Gasteiger charge is 2.35. The quantitative estimate of drug-likeness (QED) is 0.809. The first-order chi connectivity index (χ1) is 9.49. The van der Waals surface area contributed by atoms with E-state index in [9.17, 15) is 9.59 Å². The topological polar surface area (TPSA) is 72.9 Å². The van der Waals surface area contributed by atoms with Gasteiger partial charge in [-0.15, -0.1) is 0 Å². The summed E-state index contributed by atoms with van der Waals surface area (Å²) < 4.78 is 0. The van der Waals surface area contributed by atoms with Crippen molar-refractivity contribution in [3.63, 3.8) is 0 Å². The Morgan fingerprint density at radius 3 is 2.35 bits per heavy atom. The van der Waals surface area contributed by atoms with Gasteiger partial charge >= 0.3 is 12.0 Å². The Hall–Kier alpha value is -1.30. The zero-order valence-corrected chi connectivity index (χ0v) is 12.3. The Balaban J connectivity index is 1.82. The third-order valence-electron chi connectivity index (χ3n) is 4.62. The maximum absolute atomic E-state index is 12.2. The monoisotopic (exact) mass is 283 g/mol. The van der Waals surface area contributed by atoms with Crippen LogP contribution in [0.2, 0.25) is 0 Å². The molecule has 1 aliphatic heterocycles. The van der Waals surface area contributed by atoms with Crippen molar-refractivity contribution in [2.24, 2.45) is 5.92 Å². The van der Waals surface area contributed by atoms with Crippen LogP contribution in [0.3, 0.4) is 0 Å². The van der Waals surface area contributed by atoms with Crippen LogP contribution in [0.4, 0.5) is 4.79 Å². The van der Waals surface area contributed by atoms with E-state index in [-0.39, 0.29) is 12.1 Å². The molecule has 6 heteroatoms. The molecule has 1 saturated carbocycles. The molecule has 2 N–H and O–H groups in total. The van der Waals surface area contributed by atoms with E-state index in [2.05, 4.69) is 24.3 Å². The number of carboxylic acid groups (broad SMARTS) is 1. The number of hydrogen-bond donors (Lipinski definition) is 2. The van der Waals surface area contributed by atoms with E-state index in [4.69, 9.17) is 5.11 Å². The second-order valence-electron chi connectivity index (χ2n) is 6.11. The van der Waals surface area contributed by atoms with Crippen molar-refractivity contribution in [1.29, 1.82) is 0 Å². The standard InChI is InChI=1S/C14H25N3O3/c1-16(2)10-6-8-17(9-7-10)14(20)15-12-5-3-4-11(12)13(18)19/h10-12H,3-9H2,1-2H3,(H,15,20)(H,18,19). The lowest BCUT2D eigenvalue weighted by Gasteiger charge is -2.35. The van der Waals surface area contributed by atoms with Gasteiger partial charge in [-0.1, -0.05) is 6.42 Å². The predicted molar refractivity (Wildman–Crippen MR) is 75.6 cm³/mol. The van der Waals surface area contributed by atoms with Gasteiger partial charge in [0.1, 0.15) is 0 Å². The highest BCUT2D eigenvalue weighted by molar-refractivity contribution is 5.77. The van der Waals surface area contributed by atoms with Gasteiger partial charge in [0.15, 0.2) is 0 Å². The third-order valence-corrected chi connectivity index (χ3v) is 4.62. The molecule has 6 nitrogen and oxygen atoms in total. The molecule has 20 heavy (non-hydrogen) atoms. The Kier molecular flexibility index (Phi) is 4.86. The number of carbonyl (C=O) groups excluding carboxylic acids is 1. The van der Waals surface area contributed by atoms with Gasteiger partial charge in [-0.25, -0.2) is 4.79 Å². The third kappa shape index (κ3) is 3.42. The van der Waals surface area contributed by atoms with Crippen molar-refractivity contribution in [1.82, 2.24) is 15.1 Å². The Bertz CT molecular complexity index is 365. The van der Waals surface area contributed by atoms with Crippen molar-refractivity contribution in [3.05, 3.63) is 0 Å². The van der Waals surface area contributed by atoms with E-state index >= 15 is 0 Å². The summed E-state index contributed by atoms with van der Waals surface area (Å²) >= 11 is 0. The first-order valence-electron chi connectivity index (χ1n) is 7.43. The number of rotatable bonds is 3. The summed E-state index contributed by atoms with van der Waals surface area (Å²) in [4.78, 5) is 27.3. The number of nitrogens with one attached hydrogen (secondary N) is 1. The fourth-order valence-corrected chi connectivity index (χ4v) is 3.26. The number of urea groups is 1. The highest BCUT2D eigenvalue weighted by atomic mass is 16.4. The molecular weight excluding hydrogens is 258 g/mol. The van der Waals surface area contributed by atoms with Gasteiger partial charge in [0.2, 0.25) is 0 Å². The summed E-state index contributed by atoms with van der Waals surface area (Å²) in [6, 6.07) is 0.240. The maximum atomic E-state index is 12.2. The van der Waals surface area contributed by atoms with E-state index in [1.165, 1.54) is 0 Å². The summed E-state index contributed by atoms with van der Waals surface area (Å²) in [6.07, 6.45) is 4.28. The number of amides is 2. The van der Waals surface area contributed by atoms with Gasteiger partial charge in [-0.3, -0.25) is 4.79 Å². The molecule has 2 fully saturated rings. The lowest BCUT2D eigenvalue weighted by molar-refractivity contribution is -0.142. The van der Waals surface area contributed by atoms with Gasteiger partial charge in [0, 0.05) is 25.2 Å². The average molecular weight is 283 g/mol. The van der Waals surface area contributed by atoms with Crippen LogP contribution < -0.4 is 5.32 Å². The molecule has 0 aromatic carbocycles. The van der Waals surface area contributed by atoms with Crippen molar-refractivity contribution < 1.29 is 14.7 Å². The van der Waals surface area contributed by atoms with Crippen molar-refractivity contribution in [3.8, 4) is 0 Å². The molecule has 1 aliphatic carbocycles. The van der Waals surface area contributed by atoms with Gasteiger partial charge < -0.3 is 20.2 Å². The molecule has 2 rings (SSSR count). The molecule has 2 amide bonds. The molecule has 0 bridgehead atoms. The van der Waals surface area contributed by atoms with Crippen LogP contribution in [-0.4, -0.2) is 66.2 Å². The molecule has 114 valence electrons. The molecule has 0 spiro atoms. The molecule has 2 unspecified atom stereocenters. The van der Waals surface area contributed by atoms with Crippen LogP contribution in [0.5, 0.6) is 0 Å². The van der Waals surface area contributed by atoms with Crippen LogP contribution in [0.25, 0.3) is 0 Å². The summed E-state index contributed by atoms with van der Waals surface area (Å²) in [5.41, 5.74) is 0. The number of nitrogens with zero attached hydrogens (tertiary/aromatic N) is 2. The first kappa shape index (κ1) is 15.1. The largest absolute Gasteiger partial charge is 0.481 e. The number of aliphatic carboxylic acids is 1. The first-order valence-corrected chi connectivity index (χ1v) is 7.43. The summed E-state index contributed by atoms with van der Waals surface area (Å²) in [7, 11) is 4.13. The van der Waals surface area contributed by atoms with Crippen LogP contribution in [-0.2, 0) is 4.79 Å². The minimum Gasteiger partial charge on any atom is -0.481 e. The summed E-state index contributed by atoms with van der Waals surface area (Å²) in [5, 5.41) is 12.0. The zero-order chi connectivity index (χ0) is 14.7. The second-order valence-corrected chi connectivity index (χ2v) is 6.11. The van der Waals surface area contributed by atoms with Gasteiger partial charge in [0.25, 0.3) is 0 Å². The van der Waals surface area contributed by atoms with Crippen LogP contribution in [0.1, 0.15) is 32.1 Å². The highest BCUT2D eigenvalue weighted by Crippen LogP contribution is 2.26. The maximum Gasteiger partial charge on any atom is 0.317 e. The van der Waals surface area contributed by atoms with Crippen LogP contribution in [0.15, 0.2) is 0 Å². The molecule has 2 aliphatic rings. The molecular formula is C14H25N3O3. The van der Waals surface area contributed by atoms with Crippen LogP contribution in [0, 0.1) is 5.92 Å². The van der Waals surface area contributed by atoms with E-state index in [1.807, 2.05) is 4.90 Å². The van der Waals surface area contributed by atoms with E-state index in [0.29, 0.717) is 12.5 Å². The van der Waals surface area contributed by atoms with Crippen LogP contribution >= 0.6 is 0 Å². The molecule has 1 heterocycles. The number of piperidine rings is 1. The zero-order valence-electron chi connectivity index (χ0n) is 12.3. The minimum atomic E-state index is -0.792. The second kappa shape index (κ2) is 6.43. The average Bonchev–Trinajstić information content (AvgIpc) is 2.87. The predicted octanol–water partition coefficient (Wildman–Crippen LogP) is 0.975. The summed E-state index contributed by atoms with van der Waals surface area (Å²) in [6.45, 7) is 1.50. The smallest absolute Gasteiger partial charge is 0.317 e. The van der Waals surface area contributed by atoms with E-state index in [0.717, 1.165) is 38.8 Å². The van der Waals surface area contributed by atoms with Crippen molar-refractivity contribution in [2.45, 2.75) is 44.2 Å². The van der Waals surface area contributed by atoms with Crippen molar-refractivity contribution >= 4 is 12.0 Å². The molecule has 2 atom stereocenters.